The number of carbonyl (C=O) groups is 2. The number of hydrogen-bond acceptors (Lipinski definition) is 4. The minimum atomic E-state index is -1.19. The zero-order chi connectivity index (χ0) is 17.9. The number of amides is 1. The first kappa shape index (κ1) is 18.1. The molecule has 1 aliphatic heterocycles. The number of rotatable bonds is 3. The topological polar surface area (TPSA) is 99.4 Å². The molecule has 0 radical (unpaired) electrons. The number of nitrogens with one attached hydrogen (secondary N) is 1. The Balaban J connectivity index is 2.28. The van der Waals surface area contributed by atoms with Crippen LogP contribution in [0.4, 0.5) is 5.69 Å². The van der Waals surface area contributed by atoms with Gasteiger partial charge in [0.2, 0.25) is 0 Å². The number of carbonyl (C=O) groups excluding carboxylic acids is 1. The smallest absolute Gasteiger partial charge is 0.337 e. The molecule has 0 spiro atoms. The largest absolute Gasteiger partial charge is 0.487 e. The minimum Gasteiger partial charge on any atom is -0.487 e. The van der Waals surface area contributed by atoms with Crippen LogP contribution in [0.1, 0.15) is 36.7 Å². The Morgan fingerprint density at radius 2 is 2.08 bits per heavy atom. The van der Waals surface area contributed by atoms with Crippen LogP contribution in [-0.2, 0) is 9.53 Å². The SMILES string of the molecule is CC(C)(C)C1=CC(C(=O)Nc2ccc(C#N)cc2C(=O)O)=ICO1. The molecule has 1 heterocycles. The van der Waals surface area contributed by atoms with E-state index in [-0.39, 0.29) is 28.1 Å². The third kappa shape index (κ3) is 4.20. The summed E-state index contributed by atoms with van der Waals surface area (Å²) in [5.41, 5.74) is 0.107. The van der Waals surface area contributed by atoms with E-state index in [4.69, 9.17) is 10.00 Å². The number of carboxylic acids is 1. The maximum Gasteiger partial charge on any atom is 0.337 e. The molecular formula is C17H17IN2O4. The van der Waals surface area contributed by atoms with Crippen molar-refractivity contribution in [3.05, 3.63) is 41.2 Å². The van der Waals surface area contributed by atoms with Crippen molar-refractivity contribution in [1.82, 2.24) is 0 Å². The van der Waals surface area contributed by atoms with Gasteiger partial charge in [-0.3, -0.25) is 4.79 Å². The minimum absolute atomic E-state index is 0.103. The summed E-state index contributed by atoms with van der Waals surface area (Å²) >= 11 is -0.594. The molecule has 0 fully saturated rings. The predicted molar refractivity (Wildman–Crippen MR) is 99.3 cm³/mol. The van der Waals surface area contributed by atoms with Crippen molar-refractivity contribution in [3.63, 3.8) is 0 Å². The van der Waals surface area contributed by atoms with Crippen molar-refractivity contribution in [2.75, 3.05) is 9.93 Å². The average molecular weight is 440 g/mol. The average Bonchev–Trinajstić information content (AvgIpc) is 2.54. The van der Waals surface area contributed by atoms with Crippen molar-refractivity contribution in [2.24, 2.45) is 5.41 Å². The summed E-state index contributed by atoms with van der Waals surface area (Å²) in [7, 11) is 0. The molecule has 0 unspecified atom stereocenters. The van der Waals surface area contributed by atoms with E-state index in [1.807, 2.05) is 26.8 Å². The molecule has 2 rings (SSSR count). The number of nitriles is 1. The molecule has 2 N–H and O–H groups in total. The number of ether oxygens (including phenoxy) is 1. The van der Waals surface area contributed by atoms with Gasteiger partial charge < -0.3 is 15.2 Å². The van der Waals surface area contributed by atoms with E-state index >= 15 is 0 Å². The highest BCUT2D eigenvalue weighted by atomic mass is 127. The first-order chi connectivity index (χ1) is 11.2. The summed E-state index contributed by atoms with van der Waals surface area (Å²) in [5.74, 6) is -0.767. The zero-order valence-corrected chi connectivity index (χ0v) is 15.7. The van der Waals surface area contributed by atoms with Crippen LogP contribution < -0.4 is 5.32 Å². The number of nitrogens with zero attached hydrogens (tertiary/aromatic N) is 1. The van der Waals surface area contributed by atoms with E-state index in [1.165, 1.54) is 18.2 Å². The fraction of sp³-hybridized carbons (Fsp3) is 0.294. The van der Waals surface area contributed by atoms with Crippen LogP contribution in [0.3, 0.4) is 0 Å². The van der Waals surface area contributed by atoms with Gasteiger partial charge in [-0.15, -0.1) is 0 Å². The summed E-state index contributed by atoms with van der Waals surface area (Å²) in [6, 6.07) is 6.05. The molecule has 7 heteroatoms. The Bertz CT molecular complexity index is 798. The summed E-state index contributed by atoms with van der Waals surface area (Å²) in [6.07, 6.45) is 1.76. The van der Waals surface area contributed by atoms with E-state index in [9.17, 15) is 14.7 Å². The van der Waals surface area contributed by atoms with Gasteiger partial charge in [0.15, 0.2) is 0 Å². The number of hydrogen-bond donors (Lipinski definition) is 2. The summed E-state index contributed by atoms with van der Waals surface area (Å²) in [4.78, 5) is 23.8. The molecule has 1 aromatic rings. The summed E-state index contributed by atoms with van der Waals surface area (Å²) < 4.78 is 6.81. The van der Waals surface area contributed by atoms with Crippen molar-refractivity contribution in [1.29, 1.82) is 5.26 Å². The van der Waals surface area contributed by atoms with Crippen LogP contribution in [0.25, 0.3) is 0 Å². The highest BCUT2D eigenvalue weighted by molar-refractivity contribution is 14.2. The van der Waals surface area contributed by atoms with Crippen molar-refractivity contribution in [2.45, 2.75) is 20.8 Å². The van der Waals surface area contributed by atoms with Gasteiger partial charge >= 0.3 is 5.97 Å². The molecule has 1 aliphatic rings. The van der Waals surface area contributed by atoms with Crippen LogP contribution in [0.15, 0.2) is 30.0 Å². The second-order valence-electron chi connectivity index (χ2n) is 6.13. The third-order valence-corrected chi connectivity index (χ3v) is 5.50. The predicted octanol–water partition coefficient (Wildman–Crippen LogP) is 3.26. The van der Waals surface area contributed by atoms with Gasteiger partial charge in [0.25, 0.3) is 5.91 Å². The van der Waals surface area contributed by atoms with Gasteiger partial charge in [0.1, 0.15) is 10.4 Å². The summed E-state index contributed by atoms with van der Waals surface area (Å²) in [6.45, 7) is 6.00. The van der Waals surface area contributed by atoms with Crippen LogP contribution in [-0.4, -0.2) is 25.1 Å². The molecule has 0 saturated carbocycles. The Labute approximate surface area is 149 Å². The second-order valence-corrected chi connectivity index (χ2v) is 8.67. The van der Waals surface area contributed by atoms with Gasteiger partial charge in [-0.1, -0.05) is 41.5 Å². The van der Waals surface area contributed by atoms with Crippen molar-refractivity contribution < 1.29 is 19.4 Å². The number of carboxylic acid groups (broad SMARTS) is 1. The molecule has 6 nitrogen and oxygen atoms in total. The maximum atomic E-state index is 12.5. The van der Waals surface area contributed by atoms with Crippen molar-refractivity contribution in [3.8, 4) is 6.07 Å². The van der Waals surface area contributed by atoms with Gasteiger partial charge in [-0.05, 0) is 24.3 Å². The van der Waals surface area contributed by atoms with Gasteiger partial charge in [0, 0.05) is 5.41 Å². The maximum absolute atomic E-state index is 12.5. The standard InChI is InChI=1S/C17H17IN2O4/c1-17(2,3)14-7-12(18-9-24-14)15(21)20-13-5-4-10(8-19)6-11(13)16(22)23/h4-7H,9H2,1-3H3,(H,20,21)(H,22,23). The number of allylic oxidation sites excluding steroid dienone is 1. The summed E-state index contributed by atoms with van der Waals surface area (Å²) in [5, 5.41) is 20.8. The van der Waals surface area contributed by atoms with E-state index in [2.05, 4.69) is 5.32 Å². The lowest BCUT2D eigenvalue weighted by Gasteiger charge is -2.25. The Morgan fingerprint density at radius 3 is 2.67 bits per heavy atom. The first-order valence-electron chi connectivity index (χ1n) is 7.12. The molecule has 0 saturated heterocycles. The lowest BCUT2D eigenvalue weighted by atomic mass is 9.93. The lowest BCUT2D eigenvalue weighted by molar-refractivity contribution is -0.110. The molecule has 0 atom stereocenters. The molecule has 0 aromatic heterocycles. The molecule has 1 amide bonds. The van der Waals surface area contributed by atoms with Crippen LogP contribution >= 0.6 is 20.7 Å². The number of halogens is 1. The fourth-order valence-corrected chi connectivity index (χ4v) is 3.79. The quantitative estimate of drug-likeness (QED) is 0.556. The molecule has 0 bridgehead atoms. The third-order valence-electron chi connectivity index (χ3n) is 3.25. The number of aromatic carboxylic acids is 1. The normalized spacial score (nSPS) is 14.2. The van der Waals surface area contributed by atoms with Gasteiger partial charge in [-0.2, -0.15) is 5.26 Å². The molecule has 126 valence electrons. The fourth-order valence-electron chi connectivity index (χ4n) is 1.98. The van der Waals surface area contributed by atoms with Crippen LogP contribution in [0.2, 0.25) is 0 Å². The number of anilines is 1. The lowest BCUT2D eigenvalue weighted by Crippen LogP contribution is -2.25. The highest BCUT2D eigenvalue weighted by Crippen LogP contribution is 2.30. The Morgan fingerprint density at radius 1 is 1.38 bits per heavy atom. The Kier molecular flexibility index (Phi) is 5.39. The highest BCUT2D eigenvalue weighted by Gasteiger charge is 2.24. The first-order valence-corrected chi connectivity index (χ1v) is 9.72. The van der Waals surface area contributed by atoms with Gasteiger partial charge in [-0.25, -0.2) is 4.79 Å². The van der Waals surface area contributed by atoms with E-state index < -0.39 is 26.7 Å². The van der Waals surface area contributed by atoms with E-state index in [1.54, 1.807) is 6.08 Å². The molecule has 24 heavy (non-hydrogen) atoms. The monoisotopic (exact) mass is 440 g/mol. The zero-order valence-electron chi connectivity index (χ0n) is 13.5. The van der Waals surface area contributed by atoms with E-state index in [0.717, 1.165) is 5.76 Å². The molecule has 1 aromatic carbocycles. The number of alkyl halides is 1. The second kappa shape index (κ2) is 7.13. The Hall–Kier alpha value is -2.21. The molecule has 0 aliphatic carbocycles. The van der Waals surface area contributed by atoms with Crippen LogP contribution in [0, 0.1) is 16.7 Å². The van der Waals surface area contributed by atoms with Crippen molar-refractivity contribution >= 4 is 41.8 Å². The van der Waals surface area contributed by atoms with E-state index in [0.29, 0.717) is 8.12 Å². The van der Waals surface area contributed by atoms with Crippen LogP contribution in [0.5, 0.6) is 0 Å². The molecular weight excluding hydrogens is 423 g/mol. The number of benzene rings is 1. The van der Waals surface area contributed by atoms with Gasteiger partial charge in [0.05, 0.1) is 26.4 Å².